The molecule has 0 atom stereocenters. The van der Waals surface area contributed by atoms with E-state index in [9.17, 15) is 14.8 Å². The molecule has 8 nitrogen and oxygen atoms in total. The first kappa shape index (κ1) is 16.6. The van der Waals surface area contributed by atoms with Gasteiger partial charge in [0.15, 0.2) is 0 Å². The van der Waals surface area contributed by atoms with Crippen molar-refractivity contribution in [3.05, 3.63) is 23.9 Å². The van der Waals surface area contributed by atoms with Crippen LogP contribution in [0.25, 0.3) is 11.0 Å². The molecule has 0 aliphatic carbocycles. The molecule has 126 valence electrons. The molecule has 0 saturated carbocycles. The number of hydrogen-bond donors (Lipinski definition) is 2. The van der Waals surface area contributed by atoms with Gasteiger partial charge in [0.05, 0.1) is 30.4 Å². The van der Waals surface area contributed by atoms with E-state index >= 15 is 0 Å². The minimum atomic E-state index is -1.74. The molecule has 0 unspecified atom stereocenters. The maximum absolute atomic E-state index is 12.2. The second-order valence-electron chi connectivity index (χ2n) is 5.83. The van der Waals surface area contributed by atoms with Crippen LogP contribution in [-0.4, -0.2) is 78.3 Å². The second-order valence-corrected chi connectivity index (χ2v) is 5.83. The Bertz CT molecular complexity index is 762. The summed E-state index contributed by atoms with van der Waals surface area (Å²) in [7, 11) is 1.53. The number of hydrogen-bond acceptors (Lipinski definition) is 7. The Kier molecular flexibility index (Phi) is 4.65. The van der Waals surface area contributed by atoms with Crippen molar-refractivity contribution in [2.24, 2.45) is 0 Å². The van der Waals surface area contributed by atoms with Gasteiger partial charge < -0.3 is 24.6 Å². The molecule has 3 rings (SSSR count). The van der Waals surface area contributed by atoms with E-state index in [2.05, 4.69) is 9.97 Å². The maximum atomic E-state index is 12.2. The van der Waals surface area contributed by atoms with E-state index in [0.717, 1.165) is 0 Å². The molecule has 1 fully saturated rings. The summed E-state index contributed by atoms with van der Waals surface area (Å²) in [5.41, 5.74) is 1.33. The first-order valence-corrected chi connectivity index (χ1v) is 7.68. The zero-order valence-corrected chi connectivity index (χ0v) is 13.6. The molecule has 2 aromatic rings. The predicted octanol–water partition coefficient (Wildman–Crippen LogP) is -1.15. The lowest BCUT2D eigenvalue weighted by atomic mass is 9.78. The highest BCUT2D eigenvalue weighted by Gasteiger charge is 2.22. The average Bonchev–Trinajstić information content (AvgIpc) is 2.60. The molecule has 0 bridgehead atoms. The number of fused-ring (bicyclic) bond motifs is 1. The lowest BCUT2D eigenvalue weighted by molar-refractivity contribution is 0.0828. The van der Waals surface area contributed by atoms with Crippen LogP contribution in [-0.2, 0) is 4.74 Å². The minimum absolute atomic E-state index is 0.167. The van der Waals surface area contributed by atoms with Crippen LogP contribution in [0.4, 0.5) is 5.82 Å². The summed E-state index contributed by atoms with van der Waals surface area (Å²) >= 11 is 0. The quantitative estimate of drug-likeness (QED) is 0.686. The normalized spacial score (nSPS) is 14.8. The molecule has 1 aliphatic rings. The Morgan fingerprint density at radius 2 is 2.00 bits per heavy atom. The Hall–Kier alpha value is -2.23. The summed E-state index contributed by atoms with van der Waals surface area (Å²) in [6, 6.07) is 3.06. The van der Waals surface area contributed by atoms with E-state index in [1.807, 2.05) is 4.90 Å². The zero-order chi connectivity index (χ0) is 17.3. The van der Waals surface area contributed by atoms with Crippen molar-refractivity contribution in [1.82, 2.24) is 14.9 Å². The van der Waals surface area contributed by atoms with Crippen molar-refractivity contribution in [2.75, 3.05) is 45.3 Å². The fourth-order valence-electron chi connectivity index (χ4n) is 2.66. The Balaban J connectivity index is 2.09. The van der Waals surface area contributed by atoms with Crippen molar-refractivity contribution in [3.8, 4) is 0 Å². The Labute approximate surface area is 139 Å². The second kappa shape index (κ2) is 6.72. The van der Waals surface area contributed by atoms with Gasteiger partial charge in [-0.15, -0.1) is 0 Å². The molecule has 0 spiro atoms. The van der Waals surface area contributed by atoms with Crippen LogP contribution in [0, 0.1) is 0 Å². The van der Waals surface area contributed by atoms with Crippen LogP contribution in [0.1, 0.15) is 10.4 Å². The molecular formula is C15H19BN4O4. The van der Waals surface area contributed by atoms with Gasteiger partial charge in [0.1, 0.15) is 5.82 Å². The van der Waals surface area contributed by atoms with Crippen molar-refractivity contribution in [2.45, 2.75) is 0 Å². The summed E-state index contributed by atoms with van der Waals surface area (Å²) in [5.74, 6) is 0.414. The van der Waals surface area contributed by atoms with Gasteiger partial charge in [-0.05, 0) is 12.1 Å². The Morgan fingerprint density at radius 1 is 1.29 bits per heavy atom. The minimum Gasteiger partial charge on any atom is -0.423 e. The number of morpholine rings is 1. The molecule has 2 heterocycles. The largest absolute Gasteiger partial charge is 0.490 e. The number of carbonyl (C=O) groups excluding carboxylic acids is 1. The van der Waals surface area contributed by atoms with Crippen molar-refractivity contribution < 1.29 is 19.6 Å². The fourth-order valence-corrected chi connectivity index (χ4v) is 2.66. The summed E-state index contributed by atoms with van der Waals surface area (Å²) in [4.78, 5) is 24.5. The highest BCUT2D eigenvalue weighted by molar-refractivity contribution is 6.61. The van der Waals surface area contributed by atoms with Gasteiger partial charge in [-0.3, -0.25) is 9.78 Å². The first-order valence-electron chi connectivity index (χ1n) is 7.68. The van der Waals surface area contributed by atoms with Crippen LogP contribution in [0.5, 0.6) is 0 Å². The molecule has 0 radical (unpaired) electrons. The maximum Gasteiger partial charge on any atom is 0.490 e. The zero-order valence-electron chi connectivity index (χ0n) is 13.6. The van der Waals surface area contributed by atoms with Crippen LogP contribution in [0.2, 0.25) is 0 Å². The van der Waals surface area contributed by atoms with Crippen LogP contribution in [0.15, 0.2) is 18.3 Å². The smallest absolute Gasteiger partial charge is 0.423 e. The first-order chi connectivity index (χ1) is 11.5. The molecule has 24 heavy (non-hydrogen) atoms. The molecule has 1 saturated heterocycles. The van der Waals surface area contributed by atoms with Gasteiger partial charge >= 0.3 is 7.12 Å². The van der Waals surface area contributed by atoms with Gasteiger partial charge in [0.25, 0.3) is 5.91 Å². The van der Waals surface area contributed by atoms with Crippen molar-refractivity contribution in [1.29, 1.82) is 0 Å². The lowest BCUT2D eigenvalue weighted by Crippen LogP contribution is -2.37. The number of carbonyl (C=O) groups is 1. The average molecular weight is 330 g/mol. The van der Waals surface area contributed by atoms with Gasteiger partial charge in [-0.25, -0.2) is 4.98 Å². The van der Waals surface area contributed by atoms with E-state index < -0.39 is 7.12 Å². The molecular weight excluding hydrogens is 311 g/mol. The number of amides is 1. The third-order valence-corrected chi connectivity index (χ3v) is 3.93. The number of anilines is 1. The third kappa shape index (κ3) is 3.19. The van der Waals surface area contributed by atoms with Gasteiger partial charge in [0.2, 0.25) is 0 Å². The number of aromatic nitrogens is 2. The molecule has 9 heteroatoms. The Morgan fingerprint density at radius 3 is 2.62 bits per heavy atom. The standard InChI is InChI=1S/C15H19BN4O4/c1-19(2)15(21)10-7-11(16(22)23)14-12(8-10)17-9-13(18-14)20-3-5-24-6-4-20/h7-9,22-23H,3-6H2,1-2H3. The fraction of sp³-hybridized carbons (Fsp3) is 0.400. The van der Waals surface area contributed by atoms with Crippen LogP contribution >= 0.6 is 0 Å². The topological polar surface area (TPSA) is 99.0 Å². The molecule has 1 aromatic heterocycles. The summed E-state index contributed by atoms with van der Waals surface area (Å²) in [6.45, 7) is 2.64. The van der Waals surface area contributed by atoms with Gasteiger partial charge in [-0.2, -0.15) is 0 Å². The highest BCUT2D eigenvalue weighted by atomic mass is 16.5. The number of nitrogens with zero attached hydrogens (tertiary/aromatic N) is 4. The van der Waals surface area contributed by atoms with E-state index in [0.29, 0.717) is 48.7 Å². The van der Waals surface area contributed by atoms with Crippen LogP contribution < -0.4 is 10.4 Å². The molecule has 1 aliphatic heterocycles. The molecule has 1 aromatic carbocycles. The van der Waals surface area contributed by atoms with E-state index in [-0.39, 0.29) is 11.4 Å². The van der Waals surface area contributed by atoms with Crippen molar-refractivity contribution >= 4 is 35.3 Å². The third-order valence-electron chi connectivity index (χ3n) is 3.93. The van der Waals surface area contributed by atoms with Gasteiger partial charge in [-0.1, -0.05) is 0 Å². The van der Waals surface area contributed by atoms with E-state index in [1.165, 1.54) is 11.0 Å². The SMILES string of the molecule is CN(C)C(=O)c1cc(B(O)O)c2nc(N3CCOCC3)cnc2c1. The number of benzene rings is 1. The molecule has 1 amide bonds. The van der Waals surface area contributed by atoms with Crippen LogP contribution in [0.3, 0.4) is 0 Å². The number of rotatable bonds is 3. The predicted molar refractivity (Wildman–Crippen MR) is 90.4 cm³/mol. The van der Waals surface area contributed by atoms with Crippen molar-refractivity contribution in [3.63, 3.8) is 0 Å². The summed E-state index contributed by atoms with van der Waals surface area (Å²) in [5, 5.41) is 19.4. The summed E-state index contributed by atoms with van der Waals surface area (Å²) in [6.07, 6.45) is 1.63. The van der Waals surface area contributed by atoms with E-state index in [4.69, 9.17) is 4.74 Å². The summed E-state index contributed by atoms with van der Waals surface area (Å²) < 4.78 is 5.32. The lowest BCUT2D eigenvalue weighted by Gasteiger charge is -2.27. The monoisotopic (exact) mass is 330 g/mol. The number of ether oxygens (including phenoxy) is 1. The van der Waals surface area contributed by atoms with Gasteiger partial charge in [0, 0.05) is 38.2 Å². The molecule has 2 N–H and O–H groups in total. The highest BCUT2D eigenvalue weighted by Crippen LogP contribution is 2.17. The van der Waals surface area contributed by atoms with E-state index in [1.54, 1.807) is 26.4 Å².